The SMILES string of the molecule is Cc1nc2ccc(Oc3ccc4ncc(-c5cnn(CC6CNC6)c5)nc4c3Cl)cc2[nH]1. The summed E-state index contributed by atoms with van der Waals surface area (Å²) < 4.78 is 8.04. The number of rotatable bonds is 5. The lowest BCUT2D eigenvalue weighted by Gasteiger charge is -2.26. The quantitative estimate of drug-likeness (QED) is 0.418. The Morgan fingerprint density at radius 2 is 2.00 bits per heavy atom. The number of hydrogen-bond acceptors (Lipinski definition) is 6. The standard InChI is InChI=1S/C23H20ClN7O/c1-13-28-17-3-2-16(6-19(17)29-13)32-21-5-4-18-23(22(21)24)30-20(10-26-18)15-9-27-31(12-15)11-14-7-25-8-14/h2-6,9-10,12,14,25H,7-8,11H2,1H3,(H,28,29). The summed E-state index contributed by atoms with van der Waals surface area (Å²) in [5.41, 5.74) is 4.74. The van der Waals surface area contributed by atoms with E-state index in [1.165, 1.54) is 0 Å². The van der Waals surface area contributed by atoms with E-state index in [2.05, 4.69) is 25.4 Å². The predicted octanol–water partition coefficient (Wildman–Crippen LogP) is 4.34. The van der Waals surface area contributed by atoms with Crippen LogP contribution in [0, 0.1) is 12.8 Å². The fourth-order valence-electron chi connectivity index (χ4n) is 3.89. The second-order valence-electron chi connectivity index (χ2n) is 8.08. The van der Waals surface area contributed by atoms with Crippen molar-refractivity contribution in [3.63, 3.8) is 0 Å². The number of fused-ring (bicyclic) bond motifs is 2. The number of ether oxygens (including phenoxy) is 1. The van der Waals surface area contributed by atoms with E-state index >= 15 is 0 Å². The molecule has 32 heavy (non-hydrogen) atoms. The summed E-state index contributed by atoms with van der Waals surface area (Å²) in [6.07, 6.45) is 5.57. The van der Waals surface area contributed by atoms with Gasteiger partial charge in [0.05, 0.1) is 34.6 Å². The highest BCUT2D eigenvalue weighted by Gasteiger charge is 2.18. The molecule has 6 rings (SSSR count). The summed E-state index contributed by atoms with van der Waals surface area (Å²) in [6, 6.07) is 9.37. The molecule has 0 unspecified atom stereocenters. The average molecular weight is 446 g/mol. The monoisotopic (exact) mass is 445 g/mol. The molecule has 160 valence electrons. The second-order valence-corrected chi connectivity index (χ2v) is 8.46. The van der Waals surface area contributed by atoms with Gasteiger partial charge in [-0.05, 0) is 31.2 Å². The van der Waals surface area contributed by atoms with Crippen molar-refractivity contribution in [1.29, 1.82) is 0 Å². The molecule has 0 spiro atoms. The Balaban J connectivity index is 1.31. The van der Waals surface area contributed by atoms with Crippen LogP contribution in [0.5, 0.6) is 11.5 Å². The lowest BCUT2D eigenvalue weighted by atomic mass is 10.0. The number of aryl methyl sites for hydroxylation is 1. The number of aromatic nitrogens is 6. The Labute approximate surface area is 188 Å². The smallest absolute Gasteiger partial charge is 0.148 e. The molecule has 0 amide bonds. The van der Waals surface area contributed by atoms with Gasteiger partial charge in [-0.15, -0.1) is 0 Å². The maximum atomic E-state index is 6.70. The van der Waals surface area contributed by atoms with Crippen LogP contribution in [-0.4, -0.2) is 42.8 Å². The Morgan fingerprint density at radius 1 is 1.12 bits per heavy atom. The fourth-order valence-corrected chi connectivity index (χ4v) is 4.13. The highest BCUT2D eigenvalue weighted by molar-refractivity contribution is 6.36. The first-order valence-corrected chi connectivity index (χ1v) is 10.8. The first kappa shape index (κ1) is 19.2. The van der Waals surface area contributed by atoms with E-state index in [0.717, 1.165) is 47.7 Å². The van der Waals surface area contributed by atoms with Crippen LogP contribution >= 0.6 is 11.6 Å². The van der Waals surface area contributed by atoms with Gasteiger partial charge >= 0.3 is 0 Å². The third kappa shape index (κ3) is 3.47. The zero-order chi connectivity index (χ0) is 21.7. The van der Waals surface area contributed by atoms with E-state index in [9.17, 15) is 0 Å². The van der Waals surface area contributed by atoms with Gasteiger partial charge in [0.2, 0.25) is 0 Å². The van der Waals surface area contributed by atoms with Crippen molar-refractivity contribution < 1.29 is 4.74 Å². The molecule has 1 fully saturated rings. The van der Waals surface area contributed by atoms with Crippen LogP contribution in [0.25, 0.3) is 33.3 Å². The van der Waals surface area contributed by atoms with Gasteiger partial charge in [-0.25, -0.2) is 9.97 Å². The molecule has 3 aromatic heterocycles. The van der Waals surface area contributed by atoms with Gasteiger partial charge in [0.1, 0.15) is 27.9 Å². The molecule has 5 aromatic rings. The largest absolute Gasteiger partial charge is 0.456 e. The highest BCUT2D eigenvalue weighted by atomic mass is 35.5. The van der Waals surface area contributed by atoms with E-state index in [1.54, 1.807) is 6.20 Å². The molecule has 1 saturated heterocycles. The van der Waals surface area contributed by atoms with Crippen LogP contribution in [0.1, 0.15) is 5.82 Å². The number of nitrogens with zero attached hydrogens (tertiary/aromatic N) is 5. The summed E-state index contributed by atoms with van der Waals surface area (Å²) in [5, 5.41) is 8.18. The minimum Gasteiger partial charge on any atom is -0.456 e. The van der Waals surface area contributed by atoms with Crippen LogP contribution < -0.4 is 10.1 Å². The molecule has 9 heteroatoms. The minimum absolute atomic E-state index is 0.422. The van der Waals surface area contributed by atoms with Gasteiger partial charge in [-0.3, -0.25) is 9.67 Å². The van der Waals surface area contributed by atoms with Crippen LogP contribution in [0.3, 0.4) is 0 Å². The summed E-state index contributed by atoms with van der Waals surface area (Å²) in [6.45, 7) is 4.89. The van der Waals surface area contributed by atoms with Crippen molar-refractivity contribution in [2.45, 2.75) is 13.5 Å². The molecule has 1 aliphatic rings. The van der Waals surface area contributed by atoms with Gasteiger partial charge in [-0.2, -0.15) is 5.10 Å². The molecule has 2 N–H and O–H groups in total. The molecule has 2 aromatic carbocycles. The van der Waals surface area contributed by atoms with Crippen LogP contribution in [0.15, 0.2) is 48.9 Å². The van der Waals surface area contributed by atoms with E-state index in [1.807, 2.05) is 54.3 Å². The van der Waals surface area contributed by atoms with Crippen molar-refractivity contribution in [3.8, 4) is 22.8 Å². The molecule has 0 atom stereocenters. The van der Waals surface area contributed by atoms with Crippen molar-refractivity contribution in [2.75, 3.05) is 13.1 Å². The Kier molecular flexibility index (Phi) is 4.55. The van der Waals surface area contributed by atoms with Gasteiger partial charge in [0, 0.05) is 43.4 Å². The van der Waals surface area contributed by atoms with Crippen LogP contribution in [0.4, 0.5) is 0 Å². The molecule has 0 bridgehead atoms. The summed E-state index contributed by atoms with van der Waals surface area (Å²) in [5.74, 6) is 2.67. The van der Waals surface area contributed by atoms with E-state index in [0.29, 0.717) is 33.5 Å². The number of aromatic amines is 1. The van der Waals surface area contributed by atoms with Crippen LogP contribution in [-0.2, 0) is 6.54 Å². The maximum Gasteiger partial charge on any atom is 0.148 e. The van der Waals surface area contributed by atoms with Crippen molar-refractivity contribution in [1.82, 2.24) is 35.0 Å². The maximum absolute atomic E-state index is 6.70. The average Bonchev–Trinajstić information content (AvgIpc) is 3.38. The van der Waals surface area contributed by atoms with E-state index in [4.69, 9.17) is 21.3 Å². The van der Waals surface area contributed by atoms with Gasteiger partial charge in [-0.1, -0.05) is 11.6 Å². The number of benzene rings is 2. The molecule has 1 aliphatic heterocycles. The van der Waals surface area contributed by atoms with Crippen molar-refractivity contribution >= 4 is 33.7 Å². The summed E-state index contributed by atoms with van der Waals surface area (Å²) in [4.78, 5) is 17.0. The normalized spacial score (nSPS) is 14.2. The third-order valence-electron chi connectivity index (χ3n) is 5.66. The Hall–Kier alpha value is -3.49. The molecule has 4 heterocycles. The number of H-pyrrole nitrogens is 1. The zero-order valence-corrected chi connectivity index (χ0v) is 18.1. The topological polar surface area (TPSA) is 93.5 Å². The van der Waals surface area contributed by atoms with E-state index in [-0.39, 0.29) is 0 Å². The lowest BCUT2D eigenvalue weighted by molar-refractivity contribution is 0.295. The van der Waals surface area contributed by atoms with Gasteiger partial charge in [0.25, 0.3) is 0 Å². The summed E-state index contributed by atoms with van der Waals surface area (Å²) in [7, 11) is 0. The molecule has 0 aliphatic carbocycles. The number of nitrogens with one attached hydrogen (secondary N) is 2. The lowest BCUT2D eigenvalue weighted by Crippen LogP contribution is -2.44. The first-order valence-electron chi connectivity index (χ1n) is 10.5. The predicted molar refractivity (Wildman–Crippen MR) is 123 cm³/mol. The van der Waals surface area contributed by atoms with Gasteiger partial charge in [0.15, 0.2) is 0 Å². The second kappa shape index (κ2) is 7.58. The molecule has 0 radical (unpaired) electrons. The number of halogens is 1. The number of hydrogen-bond donors (Lipinski definition) is 2. The van der Waals surface area contributed by atoms with E-state index < -0.39 is 0 Å². The molecular formula is C23H20ClN7O. The first-order chi connectivity index (χ1) is 15.6. The fraction of sp³-hybridized carbons (Fsp3) is 0.217. The third-order valence-corrected chi connectivity index (χ3v) is 6.02. The Bertz CT molecular complexity index is 1450. The molecule has 8 nitrogen and oxygen atoms in total. The number of imidazole rings is 1. The van der Waals surface area contributed by atoms with Crippen molar-refractivity contribution in [2.24, 2.45) is 5.92 Å². The zero-order valence-electron chi connectivity index (χ0n) is 17.3. The molecule has 0 saturated carbocycles. The minimum atomic E-state index is 0.422. The molecular weight excluding hydrogens is 426 g/mol. The Morgan fingerprint density at radius 3 is 2.84 bits per heavy atom. The van der Waals surface area contributed by atoms with Crippen molar-refractivity contribution in [3.05, 3.63) is 59.8 Å². The highest BCUT2D eigenvalue weighted by Crippen LogP contribution is 2.35. The van der Waals surface area contributed by atoms with Crippen LogP contribution in [0.2, 0.25) is 5.02 Å². The summed E-state index contributed by atoms with van der Waals surface area (Å²) >= 11 is 6.70. The van der Waals surface area contributed by atoms with Gasteiger partial charge < -0.3 is 15.0 Å².